The first kappa shape index (κ1) is 12.7. The minimum Gasteiger partial charge on any atom is -0.399 e. The van der Waals surface area contributed by atoms with Crippen molar-refractivity contribution in [3.8, 4) is 0 Å². The Morgan fingerprint density at radius 2 is 2.35 bits per heavy atom. The fourth-order valence-corrected chi connectivity index (χ4v) is 2.44. The lowest BCUT2D eigenvalue weighted by Crippen LogP contribution is -2.33. The summed E-state index contributed by atoms with van der Waals surface area (Å²) in [5, 5.41) is 4.19. The zero-order valence-electron chi connectivity index (χ0n) is 10.1. The van der Waals surface area contributed by atoms with Gasteiger partial charge in [0.2, 0.25) is 0 Å². The van der Waals surface area contributed by atoms with E-state index in [4.69, 9.17) is 22.1 Å². The zero-order valence-corrected chi connectivity index (χ0v) is 10.8. The van der Waals surface area contributed by atoms with Crippen LogP contribution in [0, 0.1) is 5.92 Å². The molecule has 2 rings (SSSR count). The lowest BCUT2D eigenvalue weighted by Gasteiger charge is -2.19. The average molecular weight is 255 g/mol. The Morgan fingerprint density at radius 1 is 1.53 bits per heavy atom. The smallest absolute Gasteiger partial charge is 0.0509 e. The molecule has 17 heavy (non-hydrogen) atoms. The molecule has 1 aromatic carbocycles. The Hall–Kier alpha value is -0.770. The first-order valence-corrected chi connectivity index (χ1v) is 6.39. The van der Waals surface area contributed by atoms with Gasteiger partial charge in [0.15, 0.2) is 0 Å². The second-order valence-electron chi connectivity index (χ2n) is 4.69. The molecule has 0 radical (unpaired) electrons. The summed E-state index contributed by atoms with van der Waals surface area (Å²) in [6.07, 6.45) is 1.14. The third-order valence-corrected chi connectivity index (χ3v) is 3.50. The van der Waals surface area contributed by atoms with Crippen molar-refractivity contribution in [2.24, 2.45) is 5.92 Å². The van der Waals surface area contributed by atoms with Crippen LogP contribution < -0.4 is 11.1 Å². The summed E-state index contributed by atoms with van der Waals surface area (Å²) in [5.41, 5.74) is 7.60. The number of ether oxygens (including phenoxy) is 1. The van der Waals surface area contributed by atoms with Crippen molar-refractivity contribution < 1.29 is 4.74 Å². The van der Waals surface area contributed by atoms with Crippen LogP contribution in [-0.2, 0) is 11.3 Å². The van der Waals surface area contributed by atoms with Gasteiger partial charge < -0.3 is 15.8 Å². The second kappa shape index (κ2) is 5.71. The second-order valence-corrected chi connectivity index (χ2v) is 5.12. The summed E-state index contributed by atoms with van der Waals surface area (Å²) in [6, 6.07) is 6.12. The van der Waals surface area contributed by atoms with Gasteiger partial charge in [-0.25, -0.2) is 0 Å². The van der Waals surface area contributed by atoms with Crippen molar-refractivity contribution in [2.75, 3.05) is 18.9 Å². The fourth-order valence-electron chi connectivity index (χ4n) is 2.17. The molecular weight excluding hydrogens is 236 g/mol. The molecule has 1 aromatic rings. The SMILES string of the molecule is CC(NCc1cc(N)cc(Cl)c1)C1CCOC1. The van der Waals surface area contributed by atoms with Crippen LogP contribution in [0.15, 0.2) is 18.2 Å². The van der Waals surface area contributed by atoms with Crippen LogP contribution in [-0.4, -0.2) is 19.3 Å². The summed E-state index contributed by atoms with van der Waals surface area (Å²) < 4.78 is 5.39. The molecule has 0 bridgehead atoms. The topological polar surface area (TPSA) is 47.3 Å². The summed E-state index contributed by atoms with van der Waals surface area (Å²) in [4.78, 5) is 0. The lowest BCUT2D eigenvalue weighted by atomic mass is 10.0. The molecule has 1 saturated heterocycles. The molecule has 0 aromatic heterocycles. The van der Waals surface area contributed by atoms with Gasteiger partial charge in [-0.1, -0.05) is 11.6 Å². The predicted octanol–water partition coefficient (Wildman–Crippen LogP) is 2.44. The predicted molar refractivity (Wildman–Crippen MR) is 71.1 cm³/mol. The maximum Gasteiger partial charge on any atom is 0.0509 e. The van der Waals surface area contributed by atoms with Gasteiger partial charge >= 0.3 is 0 Å². The minimum absolute atomic E-state index is 0.456. The third-order valence-electron chi connectivity index (χ3n) is 3.28. The molecule has 0 spiro atoms. The number of hydrogen-bond acceptors (Lipinski definition) is 3. The van der Waals surface area contributed by atoms with Crippen molar-refractivity contribution >= 4 is 17.3 Å². The summed E-state index contributed by atoms with van der Waals surface area (Å²) in [6.45, 7) is 4.75. The molecule has 0 aliphatic carbocycles. The van der Waals surface area contributed by atoms with Gasteiger partial charge in [0.25, 0.3) is 0 Å². The Balaban J connectivity index is 1.88. The van der Waals surface area contributed by atoms with Gasteiger partial charge in [-0.3, -0.25) is 0 Å². The number of rotatable bonds is 4. The number of nitrogen functional groups attached to an aromatic ring is 1. The van der Waals surface area contributed by atoms with Crippen LogP contribution in [0.5, 0.6) is 0 Å². The molecule has 0 amide bonds. The van der Waals surface area contributed by atoms with Gasteiger partial charge in [0.1, 0.15) is 0 Å². The van der Waals surface area contributed by atoms with E-state index in [9.17, 15) is 0 Å². The highest BCUT2D eigenvalue weighted by atomic mass is 35.5. The Kier molecular flexibility index (Phi) is 4.26. The van der Waals surface area contributed by atoms with Gasteiger partial charge in [0, 0.05) is 29.9 Å². The van der Waals surface area contributed by atoms with Crippen LogP contribution in [0.1, 0.15) is 18.9 Å². The highest BCUT2D eigenvalue weighted by Gasteiger charge is 2.21. The molecule has 94 valence electrons. The Bertz CT molecular complexity index is 357. The summed E-state index contributed by atoms with van der Waals surface area (Å²) in [5.74, 6) is 0.617. The molecular formula is C13H19ClN2O. The highest BCUT2D eigenvalue weighted by Crippen LogP contribution is 2.19. The van der Waals surface area contributed by atoms with E-state index in [0.717, 1.165) is 31.7 Å². The standard InChI is InChI=1S/C13H19ClN2O/c1-9(11-2-3-17-8-11)16-7-10-4-12(14)6-13(15)5-10/h4-6,9,11,16H,2-3,7-8,15H2,1H3. The number of nitrogens with two attached hydrogens (primary N) is 1. The molecule has 4 heteroatoms. The number of hydrogen-bond donors (Lipinski definition) is 2. The van der Waals surface area contributed by atoms with E-state index in [1.54, 1.807) is 6.07 Å². The molecule has 1 heterocycles. The van der Waals surface area contributed by atoms with Gasteiger partial charge in [-0.2, -0.15) is 0 Å². The van der Waals surface area contributed by atoms with Gasteiger partial charge in [-0.15, -0.1) is 0 Å². The fraction of sp³-hybridized carbons (Fsp3) is 0.538. The molecule has 1 aliphatic heterocycles. The van der Waals surface area contributed by atoms with Crippen LogP contribution in [0.25, 0.3) is 0 Å². The maximum atomic E-state index is 5.96. The molecule has 2 unspecified atom stereocenters. The zero-order chi connectivity index (χ0) is 12.3. The molecule has 0 saturated carbocycles. The van der Waals surface area contributed by atoms with E-state index < -0.39 is 0 Å². The van der Waals surface area contributed by atoms with E-state index in [0.29, 0.717) is 22.7 Å². The van der Waals surface area contributed by atoms with Gasteiger partial charge in [0.05, 0.1) is 6.61 Å². The van der Waals surface area contributed by atoms with E-state index in [2.05, 4.69) is 12.2 Å². The third kappa shape index (κ3) is 3.60. The summed E-state index contributed by atoms with van der Waals surface area (Å²) in [7, 11) is 0. The number of halogens is 1. The van der Waals surface area contributed by atoms with E-state index in [1.165, 1.54) is 0 Å². The van der Waals surface area contributed by atoms with Crippen LogP contribution in [0.3, 0.4) is 0 Å². The Labute approximate surface area is 107 Å². The minimum atomic E-state index is 0.456. The van der Waals surface area contributed by atoms with Crippen molar-refractivity contribution in [3.63, 3.8) is 0 Å². The van der Waals surface area contributed by atoms with Crippen molar-refractivity contribution in [3.05, 3.63) is 28.8 Å². The maximum absolute atomic E-state index is 5.96. The van der Waals surface area contributed by atoms with Crippen LogP contribution >= 0.6 is 11.6 Å². The monoisotopic (exact) mass is 254 g/mol. The Morgan fingerprint density at radius 3 is 3.00 bits per heavy atom. The summed E-state index contributed by atoms with van der Waals surface area (Å²) >= 11 is 5.96. The first-order valence-electron chi connectivity index (χ1n) is 6.01. The number of benzene rings is 1. The number of nitrogens with one attached hydrogen (secondary N) is 1. The lowest BCUT2D eigenvalue weighted by molar-refractivity contribution is 0.178. The first-order chi connectivity index (χ1) is 8.15. The molecule has 3 nitrogen and oxygen atoms in total. The largest absolute Gasteiger partial charge is 0.399 e. The van der Waals surface area contributed by atoms with Crippen molar-refractivity contribution in [2.45, 2.75) is 25.9 Å². The molecule has 3 N–H and O–H groups in total. The molecule has 2 atom stereocenters. The quantitative estimate of drug-likeness (QED) is 0.812. The molecule has 1 fully saturated rings. The number of anilines is 1. The highest BCUT2D eigenvalue weighted by molar-refractivity contribution is 6.30. The van der Waals surface area contributed by atoms with E-state index in [1.807, 2.05) is 12.1 Å². The van der Waals surface area contributed by atoms with Gasteiger partial charge in [-0.05, 0) is 43.0 Å². The van der Waals surface area contributed by atoms with E-state index in [-0.39, 0.29) is 0 Å². The van der Waals surface area contributed by atoms with E-state index >= 15 is 0 Å². The normalized spacial score (nSPS) is 21.6. The van der Waals surface area contributed by atoms with Crippen molar-refractivity contribution in [1.82, 2.24) is 5.32 Å². The van der Waals surface area contributed by atoms with Crippen LogP contribution in [0.2, 0.25) is 5.02 Å². The molecule has 1 aliphatic rings. The van der Waals surface area contributed by atoms with Crippen LogP contribution in [0.4, 0.5) is 5.69 Å². The average Bonchev–Trinajstić information content (AvgIpc) is 2.78. The van der Waals surface area contributed by atoms with Crippen molar-refractivity contribution in [1.29, 1.82) is 0 Å².